The first kappa shape index (κ1) is 14.2. The minimum atomic E-state index is -0.418. The zero-order valence-corrected chi connectivity index (χ0v) is 12.8. The van der Waals surface area contributed by atoms with Crippen molar-refractivity contribution in [3.63, 3.8) is 0 Å². The van der Waals surface area contributed by atoms with Crippen molar-refractivity contribution in [1.29, 1.82) is 0 Å². The molecule has 0 aliphatic carbocycles. The van der Waals surface area contributed by atoms with Gasteiger partial charge in [-0.15, -0.1) is 11.3 Å². The van der Waals surface area contributed by atoms with Crippen LogP contribution in [0.5, 0.6) is 0 Å². The first-order chi connectivity index (χ1) is 9.11. The van der Waals surface area contributed by atoms with Crippen LogP contribution in [0.2, 0.25) is 0 Å². The highest BCUT2D eigenvalue weighted by molar-refractivity contribution is 9.10. The molecule has 0 aliphatic rings. The normalized spacial score (nSPS) is 10.5. The second-order valence-corrected chi connectivity index (χ2v) is 5.91. The van der Waals surface area contributed by atoms with Gasteiger partial charge in [0.25, 0.3) is 5.91 Å². The number of amides is 1. The summed E-state index contributed by atoms with van der Waals surface area (Å²) in [5, 5.41) is 1.98. The van der Waals surface area contributed by atoms with Gasteiger partial charge in [-0.2, -0.15) is 0 Å². The maximum Gasteiger partial charge on any atom is 0.254 e. The molecule has 0 unspecified atom stereocenters. The number of carbonyl (C=O) groups excluding carboxylic acids is 1. The van der Waals surface area contributed by atoms with E-state index in [2.05, 4.69) is 15.9 Å². The lowest BCUT2D eigenvalue weighted by Gasteiger charge is -2.20. The molecule has 5 heteroatoms. The Balaban J connectivity index is 2.18. The number of hydrogen-bond donors (Lipinski definition) is 0. The molecule has 100 valence electrons. The number of hydrogen-bond acceptors (Lipinski definition) is 2. The molecule has 0 fully saturated rings. The molecular weight excluding hydrogens is 329 g/mol. The molecule has 1 aromatic heterocycles. The van der Waals surface area contributed by atoms with Gasteiger partial charge in [0.05, 0.1) is 11.0 Å². The molecule has 0 spiro atoms. The standard InChI is InChI=1S/C14H13BrFNOS/c1-2-17(9-11-4-3-7-19-11)14(18)10-5-6-12(15)13(16)8-10/h3-8H,2,9H2,1H3. The van der Waals surface area contributed by atoms with Crippen LogP contribution in [0.4, 0.5) is 4.39 Å². The smallest absolute Gasteiger partial charge is 0.254 e. The monoisotopic (exact) mass is 341 g/mol. The van der Waals surface area contributed by atoms with Gasteiger partial charge in [-0.05, 0) is 52.5 Å². The van der Waals surface area contributed by atoms with Crippen LogP contribution in [0, 0.1) is 5.82 Å². The van der Waals surface area contributed by atoms with E-state index < -0.39 is 5.82 Å². The fourth-order valence-corrected chi connectivity index (χ4v) is 2.70. The predicted molar refractivity (Wildman–Crippen MR) is 78.8 cm³/mol. The molecule has 1 amide bonds. The van der Waals surface area contributed by atoms with E-state index in [9.17, 15) is 9.18 Å². The SMILES string of the molecule is CCN(Cc1cccs1)C(=O)c1ccc(Br)c(F)c1. The fourth-order valence-electron chi connectivity index (χ4n) is 1.73. The molecule has 0 aliphatic heterocycles. The molecule has 0 bridgehead atoms. The van der Waals surface area contributed by atoms with Crippen molar-refractivity contribution in [2.45, 2.75) is 13.5 Å². The van der Waals surface area contributed by atoms with Crippen molar-refractivity contribution < 1.29 is 9.18 Å². The molecule has 2 nitrogen and oxygen atoms in total. The third-order valence-electron chi connectivity index (χ3n) is 2.76. The van der Waals surface area contributed by atoms with Crippen molar-refractivity contribution in [1.82, 2.24) is 4.90 Å². The zero-order valence-electron chi connectivity index (χ0n) is 10.4. The third-order valence-corrected chi connectivity index (χ3v) is 4.27. The van der Waals surface area contributed by atoms with Crippen molar-refractivity contribution >= 4 is 33.2 Å². The van der Waals surface area contributed by atoms with E-state index in [4.69, 9.17) is 0 Å². The van der Waals surface area contributed by atoms with E-state index in [1.165, 1.54) is 6.07 Å². The van der Waals surface area contributed by atoms with E-state index in [0.717, 1.165) is 4.88 Å². The number of nitrogens with zero attached hydrogens (tertiary/aromatic N) is 1. The predicted octanol–water partition coefficient (Wildman–Crippen LogP) is 4.31. The van der Waals surface area contributed by atoms with Crippen molar-refractivity contribution in [2.24, 2.45) is 0 Å². The zero-order chi connectivity index (χ0) is 13.8. The van der Waals surface area contributed by atoms with Crippen LogP contribution >= 0.6 is 27.3 Å². The van der Waals surface area contributed by atoms with Crippen LogP contribution in [0.25, 0.3) is 0 Å². The molecule has 0 atom stereocenters. The van der Waals surface area contributed by atoms with Gasteiger partial charge in [-0.3, -0.25) is 4.79 Å². The Bertz CT molecular complexity index is 571. The summed E-state index contributed by atoms with van der Waals surface area (Å²) >= 11 is 4.69. The number of thiophene rings is 1. The Morgan fingerprint density at radius 1 is 1.42 bits per heavy atom. The summed E-state index contributed by atoms with van der Waals surface area (Å²) in [5.74, 6) is -0.569. The highest BCUT2D eigenvalue weighted by atomic mass is 79.9. The number of benzene rings is 1. The molecular formula is C14H13BrFNOS. The summed E-state index contributed by atoms with van der Waals surface area (Å²) in [6.07, 6.45) is 0. The Morgan fingerprint density at radius 3 is 2.79 bits per heavy atom. The summed E-state index contributed by atoms with van der Waals surface area (Å²) < 4.78 is 13.8. The van der Waals surface area contributed by atoms with Gasteiger partial charge in [0.2, 0.25) is 0 Å². The molecule has 1 aromatic carbocycles. The van der Waals surface area contributed by atoms with E-state index >= 15 is 0 Å². The largest absolute Gasteiger partial charge is 0.334 e. The van der Waals surface area contributed by atoms with Gasteiger partial charge in [0.1, 0.15) is 5.82 Å². The first-order valence-electron chi connectivity index (χ1n) is 5.88. The minimum absolute atomic E-state index is 0.151. The summed E-state index contributed by atoms with van der Waals surface area (Å²) in [5.41, 5.74) is 0.374. The Labute approximate surface area is 124 Å². The van der Waals surface area contributed by atoms with E-state index in [1.54, 1.807) is 28.4 Å². The maximum absolute atomic E-state index is 13.5. The minimum Gasteiger partial charge on any atom is -0.334 e. The Morgan fingerprint density at radius 2 is 2.21 bits per heavy atom. The lowest BCUT2D eigenvalue weighted by Crippen LogP contribution is -2.30. The highest BCUT2D eigenvalue weighted by Crippen LogP contribution is 2.19. The van der Waals surface area contributed by atoms with Crippen molar-refractivity contribution in [3.05, 3.63) is 56.4 Å². The molecule has 2 aromatic rings. The molecule has 2 rings (SSSR count). The molecule has 0 radical (unpaired) electrons. The van der Waals surface area contributed by atoms with E-state index in [-0.39, 0.29) is 5.91 Å². The van der Waals surface area contributed by atoms with Crippen LogP contribution in [0.15, 0.2) is 40.2 Å². The summed E-state index contributed by atoms with van der Waals surface area (Å²) in [4.78, 5) is 15.1. The van der Waals surface area contributed by atoms with Gasteiger partial charge in [-0.25, -0.2) is 4.39 Å². The lowest BCUT2D eigenvalue weighted by molar-refractivity contribution is 0.0753. The number of halogens is 2. The lowest BCUT2D eigenvalue weighted by atomic mass is 10.2. The number of rotatable bonds is 4. The van der Waals surface area contributed by atoms with E-state index in [1.807, 2.05) is 24.4 Å². The molecule has 0 saturated carbocycles. The van der Waals surface area contributed by atoms with Crippen LogP contribution in [-0.2, 0) is 6.54 Å². The average molecular weight is 342 g/mol. The van der Waals surface area contributed by atoms with Gasteiger partial charge in [-0.1, -0.05) is 6.07 Å². The van der Waals surface area contributed by atoms with E-state index in [0.29, 0.717) is 23.1 Å². The molecule has 1 heterocycles. The summed E-state index contributed by atoms with van der Waals surface area (Å²) in [6.45, 7) is 3.07. The van der Waals surface area contributed by atoms with Gasteiger partial charge >= 0.3 is 0 Å². The second-order valence-electron chi connectivity index (χ2n) is 4.03. The molecule has 0 N–H and O–H groups in total. The quantitative estimate of drug-likeness (QED) is 0.811. The molecule has 0 saturated heterocycles. The first-order valence-corrected chi connectivity index (χ1v) is 7.55. The third kappa shape index (κ3) is 3.42. The van der Waals surface area contributed by atoms with Crippen LogP contribution < -0.4 is 0 Å². The molecule has 19 heavy (non-hydrogen) atoms. The Hall–Kier alpha value is -1.20. The van der Waals surface area contributed by atoms with Crippen molar-refractivity contribution in [3.8, 4) is 0 Å². The van der Waals surface area contributed by atoms with Crippen molar-refractivity contribution in [2.75, 3.05) is 6.54 Å². The van der Waals surface area contributed by atoms with Gasteiger partial charge < -0.3 is 4.90 Å². The van der Waals surface area contributed by atoms with Crippen LogP contribution in [-0.4, -0.2) is 17.4 Å². The Kier molecular flexibility index (Phi) is 4.71. The summed E-state index contributed by atoms with van der Waals surface area (Å²) in [6, 6.07) is 8.40. The fraction of sp³-hybridized carbons (Fsp3) is 0.214. The van der Waals surface area contributed by atoms with Crippen LogP contribution in [0.1, 0.15) is 22.2 Å². The average Bonchev–Trinajstić information content (AvgIpc) is 2.91. The van der Waals surface area contributed by atoms with Crippen LogP contribution in [0.3, 0.4) is 0 Å². The number of carbonyl (C=O) groups is 1. The summed E-state index contributed by atoms with van der Waals surface area (Å²) in [7, 11) is 0. The maximum atomic E-state index is 13.5. The van der Waals surface area contributed by atoms with Gasteiger partial charge in [0.15, 0.2) is 0 Å². The topological polar surface area (TPSA) is 20.3 Å². The van der Waals surface area contributed by atoms with Gasteiger partial charge in [0, 0.05) is 17.0 Å². The highest BCUT2D eigenvalue weighted by Gasteiger charge is 2.16. The second kappa shape index (κ2) is 6.30.